The van der Waals surface area contributed by atoms with Crippen LogP contribution in [-0.4, -0.2) is 25.1 Å². The fourth-order valence-corrected chi connectivity index (χ4v) is 3.93. The lowest BCUT2D eigenvalue weighted by atomic mass is 10.2. The summed E-state index contributed by atoms with van der Waals surface area (Å²) in [6, 6.07) is 22.2. The first-order valence-electron chi connectivity index (χ1n) is 8.55. The Balaban J connectivity index is 1.46. The minimum absolute atomic E-state index is 0.122. The lowest BCUT2D eigenvalue weighted by Gasteiger charge is -2.07. The average Bonchev–Trinajstić information content (AvgIpc) is 3.13. The summed E-state index contributed by atoms with van der Waals surface area (Å²) in [4.78, 5) is 16.7. The van der Waals surface area contributed by atoms with Crippen molar-refractivity contribution in [2.75, 3.05) is 11.1 Å². The summed E-state index contributed by atoms with van der Waals surface area (Å²) in [5.74, 6) is -0.742. The number of anilines is 1. The predicted octanol–water partition coefficient (Wildman–Crippen LogP) is 3.91. The molecule has 0 aliphatic heterocycles. The molecule has 0 saturated heterocycles. The van der Waals surface area contributed by atoms with Crippen LogP contribution in [0.1, 0.15) is 0 Å². The van der Waals surface area contributed by atoms with Gasteiger partial charge in [0.1, 0.15) is 11.3 Å². The lowest BCUT2D eigenvalue weighted by Crippen LogP contribution is -2.22. The third kappa shape index (κ3) is 3.79. The molecule has 6 nitrogen and oxygen atoms in total. The van der Waals surface area contributed by atoms with Gasteiger partial charge in [-0.1, -0.05) is 30.3 Å². The van der Waals surface area contributed by atoms with E-state index in [4.69, 9.17) is 4.42 Å². The van der Waals surface area contributed by atoms with Crippen LogP contribution in [0.4, 0.5) is 5.69 Å². The second kappa shape index (κ2) is 7.28. The molecule has 1 N–H and O–H groups in total. The second-order valence-electron chi connectivity index (χ2n) is 6.18. The first-order valence-corrected chi connectivity index (χ1v) is 10.2. The fourth-order valence-electron chi connectivity index (χ4n) is 2.77. The van der Waals surface area contributed by atoms with Gasteiger partial charge in [-0.2, -0.15) is 0 Å². The predicted molar refractivity (Wildman–Crippen MR) is 107 cm³/mol. The Morgan fingerprint density at radius 2 is 1.57 bits per heavy atom. The van der Waals surface area contributed by atoms with E-state index in [1.54, 1.807) is 42.5 Å². The van der Waals surface area contributed by atoms with Crippen LogP contribution in [0.25, 0.3) is 22.6 Å². The maximum Gasteiger partial charge on any atom is 0.239 e. The number of sulfone groups is 1. The molecule has 0 unspecified atom stereocenters. The van der Waals surface area contributed by atoms with E-state index in [0.29, 0.717) is 17.2 Å². The number of rotatable bonds is 5. The first kappa shape index (κ1) is 17.9. The molecule has 0 fully saturated rings. The van der Waals surface area contributed by atoms with Crippen LogP contribution in [0.2, 0.25) is 0 Å². The van der Waals surface area contributed by atoms with Crippen molar-refractivity contribution in [1.82, 2.24) is 4.98 Å². The van der Waals surface area contributed by atoms with E-state index in [-0.39, 0.29) is 4.90 Å². The van der Waals surface area contributed by atoms with Gasteiger partial charge >= 0.3 is 0 Å². The van der Waals surface area contributed by atoms with E-state index in [1.165, 1.54) is 12.1 Å². The Hall–Kier alpha value is -3.45. The van der Waals surface area contributed by atoms with E-state index < -0.39 is 21.5 Å². The SMILES string of the molecule is O=C(CS(=O)(=O)c1ccccc1)Nc1ccc(-c2nc3ccccc3o2)cc1. The van der Waals surface area contributed by atoms with Crippen molar-refractivity contribution in [3.05, 3.63) is 78.9 Å². The van der Waals surface area contributed by atoms with Crippen molar-refractivity contribution in [2.45, 2.75) is 4.90 Å². The molecule has 1 aromatic heterocycles. The number of hydrogen-bond donors (Lipinski definition) is 1. The van der Waals surface area contributed by atoms with E-state index >= 15 is 0 Å². The Morgan fingerprint density at radius 1 is 0.893 bits per heavy atom. The number of aromatic nitrogens is 1. The zero-order valence-corrected chi connectivity index (χ0v) is 15.5. The number of hydrogen-bond acceptors (Lipinski definition) is 5. The summed E-state index contributed by atoms with van der Waals surface area (Å²) in [6.45, 7) is 0. The molecule has 3 aromatic carbocycles. The number of carbonyl (C=O) groups is 1. The van der Waals surface area contributed by atoms with Crippen LogP contribution in [0.3, 0.4) is 0 Å². The van der Waals surface area contributed by atoms with E-state index in [9.17, 15) is 13.2 Å². The van der Waals surface area contributed by atoms with Gasteiger partial charge < -0.3 is 9.73 Å². The molecular formula is C21H16N2O4S. The fraction of sp³-hybridized carbons (Fsp3) is 0.0476. The number of carbonyl (C=O) groups excluding carboxylic acids is 1. The van der Waals surface area contributed by atoms with Gasteiger partial charge in [-0.15, -0.1) is 0 Å². The summed E-state index contributed by atoms with van der Waals surface area (Å²) < 4.78 is 30.3. The summed E-state index contributed by atoms with van der Waals surface area (Å²) in [5, 5.41) is 2.60. The van der Waals surface area contributed by atoms with Crippen molar-refractivity contribution >= 4 is 32.5 Å². The van der Waals surface area contributed by atoms with Crippen molar-refractivity contribution in [2.24, 2.45) is 0 Å². The molecule has 1 amide bonds. The molecule has 1 heterocycles. The first-order chi connectivity index (χ1) is 13.5. The van der Waals surface area contributed by atoms with Gasteiger partial charge in [0.25, 0.3) is 0 Å². The highest BCUT2D eigenvalue weighted by Gasteiger charge is 2.19. The maximum atomic E-state index is 12.3. The third-order valence-electron chi connectivity index (χ3n) is 4.13. The van der Waals surface area contributed by atoms with Gasteiger partial charge in [0.05, 0.1) is 4.90 Å². The topological polar surface area (TPSA) is 89.3 Å². The number of amides is 1. The van der Waals surface area contributed by atoms with Gasteiger partial charge in [0, 0.05) is 11.3 Å². The maximum absolute atomic E-state index is 12.3. The molecule has 0 saturated carbocycles. The molecule has 0 spiro atoms. The van der Waals surface area contributed by atoms with Crippen LogP contribution in [-0.2, 0) is 14.6 Å². The van der Waals surface area contributed by atoms with E-state index in [1.807, 2.05) is 24.3 Å². The molecule has 4 rings (SSSR count). The van der Waals surface area contributed by atoms with Gasteiger partial charge in [0.15, 0.2) is 15.4 Å². The highest BCUT2D eigenvalue weighted by Crippen LogP contribution is 2.25. The number of para-hydroxylation sites is 2. The van der Waals surface area contributed by atoms with Crippen LogP contribution >= 0.6 is 0 Å². The Labute approximate surface area is 161 Å². The van der Waals surface area contributed by atoms with Gasteiger partial charge in [-0.3, -0.25) is 4.79 Å². The molecule has 0 radical (unpaired) electrons. The summed E-state index contributed by atoms with van der Waals surface area (Å²) in [5.41, 5.74) is 2.71. The highest BCUT2D eigenvalue weighted by molar-refractivity contribution is 7.92. The average molecular weight is 392 g/mol. The number of nitrogens with one attached hydrogen (secondary N) is 1. The highest BCUT2D eigenvalue weighted by atomic mass is 32.2. The Kier molecular flexibility index (Phi) is 4.67. The Bertz CT molecular complexity index is 1200. The largest absolute Gasteiger partial charge is 0.436 e. The van der Waals surface area contributed by atoms with Crippen LogP contribution in [0.5, 0.6) is 0 Å². The van der Waals surface area contributed by atoms with Crippen molar-refractivity contribution in [3.8, 4) is 11.5 Å². The number of fused-ring (bicyclic) bond motifs is 1. The summed E-state index contributed by atoms with van der Waals surface area (Å²) >= 11 is 0. The molecular weight excluding hydrogens is 376 g/mol. The molecule has 0 aliphatic rings. The van der Waals surface area contributed by atoms with Gasteiger partial charge in [-0.05, 0) is 48.5 Å². The van der Waals surface area contributed by atoms with Crippen molar-refractivity contribution < 1.29 is 17.6 Å². The summed E-state index contributed by atoms with van der Waals surface area (Å²) in [6.07, 6.45) is 0. The van der Waals surface area contributed by atoms with Crippen molar-refractivity contribution in [3.63, 3.8) is 0 Å². The monoisotopic (exact) mass is 392 g/mol. The van der Waals surface area contributed by atoms with Gasteiger partial charge in [0.2, 0.25) is 11.8 Å². The van der Waals surface area contributed by atoms with E-state index in [2.05, 4.69) is 10.3 Å². The van der Waals surface area contributed by atoms with Crippen molar-refractivity contribution in [1.29, 1.82) is 0 Å². The number of benzene rings is 3. The minimum Gasteiger partial charge on any atom is -0.436 e. The zero-order chi connectivity index (χ0) is 19.6. The number of oxazole rings is 1. The molecule has 28 heavy (non-hydrogen) atoms. The molecule has 0 aliphatic carbocycles. The third-order valence-corrected chi connectivity index (χ3v) is 5.77. The molecule has 4 aromatic rings. The minimum atomic E-state index is -3.68. The normalized spacial score (nSPS) is 11.4. The summed E-state index contributed by atoms with van der Waals surface area (Å²) in [7, 11) is -3.68. The molecule has 140 valence electrons. The van der Waals surface area contributed by atoms with Crippen LogP contribution in [0, 0.1) is 0 Å². The van der Waals surface area contributed by atoms with E-state index in [0.717, 1.165) is 11.1 Å². The Morgan fingerprint density at radius 3 is 2.29 bits per heavy atom. The van der Waals surface area contributed by atoms with Crippen LogP contribution in [0.15, 0.2) is 88.2 Å². The quantitative estimate of drug-likeness (QED) is 0.556. The molecule has 7 heteroatoms. The molecule has 0 bridgehead atoms. The smallest absolute Gasteiger partial charge is 0.239 e. The van der Waals surface area contributed by atoms with Crippen LogP contribution < -0.4 is 5.32 Å². The zero-order valence-electron chi connectivity index (χ0n) is 14.7. The second-order valence-corrected chi connectivity index (χ2v) is 8.17. The van der Waals surface area contributed by atoms with Gasteiger partial charge in [-0.25, -0.2) is 13.4 Å². The molecule has 0 atom stereocenters. The number of nitrogens with zero attached hydrogens (tertiary/aromatic N) is 1. The lowest BCUT2D eigenvalue weighted by molar-refractivity contribution is -0.113. The standard InChI is InChI=1S/C21H16N2O4S/c24-20(14-28(25,26)17-6-2-1-3-7-17)22-16-12-10-15(11-13-16)21-23-18-8-4-5-9-19(18)27-21/h1-13H,14H2,(H,22,24).